The van der Waals surface area contributed by atoms with Crippen molar-refractivity contribution in [2.24, 2.45) is 0 Å². The van der Waals surface area contributed by atoms with Crippen molar-refractivity contribution in [3.05, 3.63) is 135 Å². The number of methoxy groups -OCH3 is 1. The first-order valence-electron chi connectivity index (χ1n) is 14.1. The molecule has 3 nitrogen and oxygen atoms in total. The number of halogens is 1. The number of hydrogen-bond acceptors (Lipinski definition) is 3. The largest absolute Gasteiger partial charge is 0.497 e. The summed E-state index contributed by atoms with van der Waals surface area (Å²) >= 11 is 5.61. The van der Waals surface area contributed by atoms with Crippen LogP contribution in [0.5, 0.6) is 5.75 Å². The summed E-state index contributed by atoms with van der Waals surface area (Å²) < 4.78 is 5.15. The van der Waals surface area contributed by atoms with E-state index in [0.717, 1.165) is 59.6 Å². The number of carbonyl (C=O) groups excluding carboxylic acids is 2. The number of rotatable bonds is 2. The molecule has 2 aliphatic rings. The van der Waals surface area contributed by atoms with Crippen molar-refractivity contribution in [2.75, 3.05) is 7.11 Å². The predicted molar refractivity (Wildman–Crippen MR) is 166 cm³/mol. The van der Waals surface area contributed by atoms with Crippen molar-refractivity contribution >= 4 is 23.2 Å². The molecule has 1 atom stereocenters. The number of benzene rings is 4. The molecule has 6 rings (SSSR count). The minimum atomic E-state index is -0.0131. The number of ether oxygens (including phenoxy) is 1. The molecule has 0 N–H and O–H groups in total. The number of ketones is 2. The van der Waals surface area contributed by atoms with Crippen LogP contribution in [-0.2, 0) is 12.8 Å². The number of hydrogen-bond donors (Lipinski definition) is 0. The second kappa shape index (κ2) is 15.8. The van der Waals surface area contributed by atoms with Gasteiger partial charge in [-0.05, 0) is 73.6 Å². The Labute approximate surface area is 244 Å². The summed E-state index contributed by atoms with van der Waals surface area (Å²) in [4.78, 5) is 23.8. The van der Waals surface area contributed by atoms with Crippen LogP contribution in [0.25, 0.3) is 0 Å². The summed E-state index contributed by atoms with van der Waals surface area (Å²) in [5.74, 6) is 1.37. The van der Waals surface area contributed by atoms with Gasteiger partial charge in [-0.1, -0.05) is 104 Å². The van der Waals surface area contributed by atoms with Crippen molar-refractivity contribution in [2.45, 2.75) is 58.8 Å². The molecular weight excluding hydrogens is 516 g/mol. The van der Waals surface area contributed by atoms with Gasteiger partial charge in [0.1, 0.15) is 5.75 Å². The Balaban J connectivity index is 0.000000177. The summed E-state index contributed by atoms with van der Waals surface area (Å²) in [6.07, 6.45) is 4.69. The molecule has 0 saturated carbocycles. The first-order chi connectivity index (χ1) is 19.5. The molecule has 0 fully saturated rings. The van der Waals surface area contributed by atoms with Crippen LogP contribution >= 0.6 is 11.6 Å². The van der Waals surface area contributed by atoms with Crippen LogP contribution in [0.3, 0.4) is 0 Å². The van der Waals surface area contributed by atoms with Gasteiger partial charge in [0, 0.05) is 28.5 Å². The average molecular weight is 555 g/mol. The molecule has 0 saturated heterocycles. The molecule has 0 amide bonds. The van der Waals surface area contributed by atoms with E-state index in [9.17, 15) is 9.59 Å². The van der Waals surface area contributed by atoms with E-state index in [1.807, 2.05) is 112 Å². The molecule has 0 radical (unpaired) electrons. The summed E-state index contributed by atoms with van der Waals surface area (Å²) in [6.45, 7) is 6.04. The molecular formula is C36H39ClO3. The smallest absolute Gasteiger partial charge is 0.170 e. The van der Waals surface area contributed by atoms with Crippen molar-refractivity contribution in [3.63, 3.8) is 0 Å². The van der Waals surface area contributed by atoms with Gasteiger partial charge in [-0.15, -0.1) is 0 Å². The molecule has 0 aromatic heterocycles. The Morgan fingerprint density at radius 3 is 1.85 bits per heavy atom. The third-order valence-corrected chi connectivity index (χ3v) is 7.25. The Kier molecular flexibility index (Phi) is 12.2. The van der Waals surface area contributed by atoms with Gasteiger partial charge in [-0.3, -0.25) is 9.59 Å². The number of fused-ring (bicyclic) bond motifs is 2. The Hall–Kier alpha value is -3.69. The maximum Gasteiger partial charge on any atom is 0.170 e. The maximum atomic E-state index is 12.5. The van der Waals surface area contributed by atoms with Gasteiger partial charge in [0.25, 0.3) is 0 Å². The summed E-state index contributed by atoms with van der Waals surface area (Å²) in [5.41, 5.74) is 6.56. The SMILES string of the molecule is CC.COc1ccc(C2CCc3ccccc3C2=O)cc1.Cc1ccc(Cl)cc1.O=C1CCCc2ccccc21. The van der Waals surface area contributed by atoms with Crippen LogP contribution in [0.15, 0.2) is 97.1 Å². The lowest BCUT2D eigenvalue weighted by Crippen LogP contribution is -2.20. The monoisotopic (exact) mass is 554 g/mol. The van der Waals surface area contributed by atoms with Gasteiger partial charge in [0.15, 0.2) is 11.6 Å². The zero-order valence-corrected chi connectivity index (χ0v) is 24.7. The molecule has 4 heteroatoms. The van der Waals surface area contributed by atoms with E-state index < -0.39 is 0 Å². The van der Waals surface area contributed by atoms with E-state index in [2.05, 4.69) is 6.07 Å². The lowest BCUT2D eigenvalue weighted by Gasteiger charge is -2.23. The first kappa shape index (κ1) is 30.8. The van der Waals surface area contributed by atoms with Crippen molar-refractivity contribution in [1.29, 1.82) is 0 Å². The summed E-state index contributed by atoms with van der Waals surface area (Å²) in [5, 5.41) is 0.801. The van der Waals surface area contributed by atoms with Gasteiger partial charge in [-0.25, -0.2) is 0 Å². The first-order valence-corrected chi connectivity index (χ1v) is 14.4. The van der Waals surface area contributed by atoms with Crippen LogP contribution in [0.4, 0.5) is 0 Å². The fraction of sp³-hybridized carbons (Fsp3) is 0.278. The Bertz CT molecular complexity index is 1350. The van der Waals surface area contributed by atoms with Crippen molar-refractivity contribution < 1.29 is 14.3 Å². The highest BCUT2D eigenvalue weighted by Crippen LogP contribution is 2.33. The lowest BCUT2D eigenvalue weighted by atomic mass is 9.79. The lowest BCUT2D eigenvalue weighted by molar-refractivity contribution is 0.0944. The Morgan fingerprint density at radius 2 is 1.27 bits per heavy atom. The zero-order chi connectivity index (χ0) is 28.9. The number of Topliss-reactive ketones (excluding diaryl/α,β-unsaturated/α-hetero) is 2. The van der Waals surface area contributed by atoms with E-state index in [-0.39, 0.29) is 11.7 Å². The molecule has 40 heavy (non-hydrogen) atoms. The fourth-order valence-electron chi connectivity index (χ4n) is 4.87. The van der Waals surface area contributed by atoms with Crippen molar-refractivity contribution in [1.82, 2.24) is 0 Å². The second-order valence-corrected chi connectivity index (χ2v) is 10.1. The minimum absolute atomic E-state index is 0.0131. The van der Waals surface area contributed by atoms with Crippen molar-refractivity contribution in [3.8, 4) is 5.75 Å². The average Bonchev–Trinajstić information content (AvgIpc) is 3.01. The maximum absolute atomic E-state index is 12.5. The molecule has 0 heterocycles. The van der Waals surface area contributed by atoms with Gasteiger partial charge < -0.3 is 4.74 Å². The third kappa shape index (κ3) is 8.40. The molecule has 1 unspecified atom stereocenters. The quantitative estimate of drug-likeness (QED) is 0.248. The zero-order valence-electron chi connectivity index (χ0n) is 24.0. The van der Waals surface area contributed by atoms with Crippen LogP contribution in [0.2, 0.25) is 5.02 Å². The highest BCUT2D eigenvalue weighted by molar-refractivity contribution is 6.30. The molecule has 0 aliphatic heterocycles. The molecule has 0 spiro atoms. The standard InChI is InChI=1S/C17H16O2.C10H10O.C7H7Cl.C2H6/c1-19-14-9-6-13(7-10-14)16-11-8-12-4-2-3-5-15(12)17(16)18;11-10-7-3-5-8-4-1-2-6-9(8)10;1-6-2-4-7(8)5-3-6;1-2/h2-7,9-10,16H,8,11H2,1H3;1-2,4,6H,3,5,7H2;2-5H,1H3;1-2H3. The highest BCUT2D eigenvalue weighted by atomic mass is 35.5. The van der Waals surface area contributed by atoms with E-state index in [0.29, 0.717) is 5.78 Å². The molecule has 0 bridgehead atoms. The van der Waals surface area contributed by atoms with Crippen LogP contribution in [-0.4, -0.2) is 18.7 Å². The van der Waals surface area contributed by atoms with Gasteiger partial charge in [0.2, 0.25) is 0 Å². The highest BCUT2D eigenvalue weighted by Gasteiger charge is 2.28. The third-order valence-electron chi connectivity index (χ3n) is 7.00. The number of aryl methyl sites for hydroxylation is 3. The summed E-state index contributed by atoms with van der Waals surface area (Å²) in [6, 6.07) is 31.4. The van der Waals surface area contributed by atoms with Gasteiger partial charge in [-0.2, -0.15) is 0 Å². The second-order valence-electron chi connectivity index (χ2n) is 9.62. The van der Waals surface area contributed by atoms with E-state index in [1.165, 1.54) is 16.7 Å². The van der Waals surface area contributed by atoms with Gasteiger partial charge >= 0.3 is 0 Å². The molecule has 4 aromatic rings. The van der Waals surface area contributed by atoms with Crippen LogP contribution < -0.4 is 4.74 Å². The minimum Gasteiger partial charge on any atom is -0.497 e. The Morgan fingerprint density at radius 1 is 0.700 bits per heavy atom. The molecule has 2 aliphatic carbocycles. The fourth-order valence-corrected chi connectivity index (χ4v) is 5.00. The summed E-state index contributed by atoms with van der Waals surface area (Å²) in [7, 11) is 1.65. The predicted octanol–water partition coefficient (Wildman–Crippen LogP) is 9.49. The van der Waals surface area contributed by atoms with Gasteiger partial charge in [0.05, 0.1) is 7.11 Å². The normalized spacial score (nSPS) is 15.0. The molecule has 4 aromatic carbocycles. The molecule has 208 valence electrons. The van der Waals surface area contributed by atoms with E-state index >= 15 is 0 Å². The van der Waals surface area contributed by atoms with E-state index in [4.69, 9.17) is 16.3 Å². The number of carbonyl (C=O) groups is 2. The topological polar surface area (TPSA) is 43.4 Å². The van der Waals surface area contributed by atoms with Crippen LogP contribution in [0.1, 0.15) is 82.0 Å². The van der Waals surface area contributed by atoms with E-state index in [1.54, 1.807) is 7.11 Å². The van der Waals surface area contributed by atoms with Crippen LogP contribution in [0, 0.1) is 6.92 Å².